The molecule has 1 aromatic heterocycles. The van der Waals surface area contributed by atoms with Crippen molar-refractivity contribution in [3.8, 4) is 0 Å². The van der Waals surface area contributed by atoms with Crippen molar-refractivity contribution < 1.29 is 13.2 Å². The van der Waals surface area contributed by atoms with Crippen LogP contribution in [0.2, 0.25) is 10.0 Å². The molecule has 3 fully saturated rings. The number of nitrogens with one attached hydrogen (secondary N) is 1. The molecule has 2 aliphatic heterocycles. The monoisotopic (exact) mass is 593 g/mol. The molecular weight excluding hydrogens is 561 g/mol. The van der Waals surface area contributed by atoms with Crippen LogP contribution in [0.5, 0.6) is 0 Å². The summed E-state index contributed by atoms with van der Waals surface area (Å²) >= 11 is 14.1. The van der Waals surface area contributed by atoms with Crippen LogP contribution < -0.4 is 9.62 Å². The fourth-order valence-electron chi connectivity index (χ4n) is 6.82. The van der Waals surface area contributed by atoms with Crippen molar-refractivity contribution in [2.75, 3.05) is 15.8 Å². The number of fused-ring (bicyclic) bond motifs is 2. The number of hydrogen-bond donors (Lipinski definition) is 1. The number of aromatic nitrogens is 1. The highest BCUT2D eigenvalue weighted by Crippen LogP contribution is 2.59. The average Bonchev–Trinajstić information content (AvgIpc) is 3.73. The van der Waals surface area contributed by atoms with E-state index >= 15 is 0 Å². The third-order valence-corrected chi connectivity index (χ3v) is 12.7. The third-order valence-electron chi connectivity index (χ3n) is 8.85. The molecule has 3 heterocycles. The normalized spacial score (nSPS) is 23.4. The average molecular weight is 595 g/mol. The molecule has 2 aromatic rings. The lowest BCUT2D eigenvalue weighted by Gasteiger charge is -2.42. The smallest absolute Gasteiger partial charge is 0.251 e. The Hall–Kier alpha value is -1.48. The van der Waals surface area contributed by atoms with Gasteiger partial charge in [-0.2, -0.15) is 11.8 Å². The lowest BCUT2D eigenvalue weighted by molar-refractivity contribution is 0.0950. The second-order valence-corrected chi connectivity index (χ2v) is 15.3. The number of anilines is 1. The molecule has 204 valence electrons. The summed E-state index contributed by atoms with van der Waals surface area (Å²) in [5.41, 5.74) is 2.70. The molecule has 1 aromatic carbocycles. The highest BCUT2D eigenvalue weighted by molar-refractivity contribution is 7.99. The number of hydrogen-bond acceptors (Lipinski definition) is 5. The summed E-state index contributed by atoms with van der Waals surface area (Å²) in [6, 6.07) is 7.21. The van der Waals surface area contributed by atoms with E-state index in [9.17, 15) is 13.2 Å². The molecule has 6 nitrogen and oxygen atoms in total. The zero-order valence-corrected chi connectivity index (χ0v) is 24.4. The Kier molecular flexibility index (Phi) is 7.38. The molecule has 0 radical (unpaired) electrons. The largest absolute Gasteiger partial charge is 0.346 e. The minimum absolute atomic E-state index is 0.0410. The topological polar surface area (TPSA) is 79.4 Å². The first-order chi connectivity index (χ1) is 18.3. The van der Waals surface area contributed by atoms with Gasteiger partial charge < -0.3 is 5.32 Å². The second kappa shape index (κ2) is 10.5. The number of pyridine rings is 1. The van der Waals surface area contributed by atoms with Gasteiger partial charge in [-0.25, -0.2) is 8.42 Å². The first kappa shape index (κ1) is 26.7. The molecule has 1 amide bonds. The van der Waals surface area contributed by atoms with Gasteiger partial charge in [0.1, 0.15) is 0 Å². The molecule has 1 spiro atoms. The van der Waals surface area contributed by atoms with Gasteiger partial charge in [0.05, 0.1) is 39.3 Å². The minimum atomic E-state index is -3.50. The van der Waals surface area contributed by atoms with Crippen LogP contribution in [-0.4, -0.2) is 42.1 Å². The maximum absolute atomic E-state index is 14.3. The van der Waals surface area contributed by atoms with E-state index in [1.165, 1.54) is 6.20 Å². The maximum atomic E-state index is 14.3. The van der Waals surface area contributed by atoms with Crippen LogP contribution >= 0.6 is 35.0 Å². The number of carbonyl (C=O) groups is 1. The van der Waals surface area contributed by atoms with E-state index in [1.54, 1.807) is 12.1 Å². The van der Waals surface area contributed by atoms with Crippen molar-refractivity contribution in [2.24, 2.45) is 5.92 Å². The highest BCUT2D eigenvalue weighted by Gasteiger charge is 2.60. The van der Waals surface area contributed by atoms with Crippen LogP contribution in [0.1, 0.15) is 79.4 Å². The van der Waals surface area contributed by atoms with Crippen LogP contribution in [-0.2, 0) is 22.0 Å². The van der Waals surface area contributed by atoms with E-state index in [-0.39, 0.29) is 29.2 Å². The summed E-state index contributed by atoms with van der Waals surface area (Å²) in [6.07, 6.45) is 10.1. The Labute approximate surface area is 239 Å². The summed E-state index contributed by atoms with van der Waals surface area (Å²) in [7, 11) is -3.50. The predicted octanol–water partition coefficient (Wildman–Crippen LogP) is 6.34. The fraction of sp³-hybridized carbons (Fsp3) is 0.571. The van der Waals surface area contributed by atoms with E-state index in [2.05, 4.69) is 10.3 Å². The van der Waals surface area contributed by atoms with Crippen molar-refractivity contribution in [1.29, 1.82) is 0 Å². The summed E-state index contributed by atoms with van der Waals surface area (Å²) in [4.78, 5) is 17.5. The Morgan fingerprint density at radius 3 is 2.50 bits per heavy atom. The molecule has 2 aliphatic carbocycles. The van der Waals surface area contributed by atoms with Crippen LogP contribution in [0.3, 0.4) is 0 Å². The summed E-state index contributed by atoms with van der Waals surface area (Å²) in [6.45, 7) is 0.181. The molecule has 10 heteroatoms. The van der Waals surface area contributed by atoms with Gasteiger partial charge in [-0.1, -0.05) is 42.5 Å². The fourth-order valence-corrected chi connectivity index (χ4v) is 10.9. The molecule has 4 aliphatic rings. The van der Waals surface area contributed by atoms with E-state index < -0.39 is 10.0 Å². The molecule has 1 N–H and O–H groups in total. The van der Waals surface area contributed by atoms with E-state index in [0.717, 1.165) is 80.5 Å². The van der Waals surface area contributed by atoms with E-state index in [1.807, 2.05) is 28.2 Å². The SMILES string of the molecule is O=C(NCc1ncc(Cl)cc1Cl)c1ccc2c(c1)C1(CCSCC1)C(C1CC1)N2S(=O)(=O)C1CCCCC1. The third kappa shape index (κ3) is 4.73. The number of nitrogens with zero attached hydrogens (tertiary/aromatic N) is 2. The second-order valence-electron chi connectivity index (χ2n) is 11.1. The number of halogens is 2. The predicted molar refractivity (Wildman–Crippen MR) is 155 cm³/mol. The quantitative estimate of drug-likeness (QED) is 0.422. The first-order valence-electron chi connectivity index (χ1n) is 13.6. The Balaban J connectivity index is 1.36. The van der Waals surface area contributed by atoms with Crippen molar-refractivity contribution in [1.82, 2.24) is 10.3 Å². The maximum Gasteiger partial charge on any atom is 0.251 e. The molecule has 1 unspecified atom stereocenters. The summed E-state index contributed by atoms with van der Waals surface area (Å²) < 4.78 is 30.4. The first-order valence-corrected chi connectivity index (χ1v) is 17.1. The van der Waals surface area contributed by atoms with Gasteiger partial charge in [-0.05, 0) is 85.8 Å². The molecule has 38 heavy (non-hydrogen) atoms. The molecule has 6 rings (SSSR count). The Bertz CT molecular complexity index is 1340. The van der Waals surface area contributed by atoms with Crippen molar-refractivity contribution in [2.45, 2.75) is 81.0 Å². The molecule has 2 saturated carbocycles. The summed E-state index contributed by atoms with van der Waals surface area (Å²) in [5, 5.41) is 3.47. The van der Waals surface area contributed by atoms with Gasteiger partial charge in [-0.15, -0.1) is 0 Å². The number of carbonyl (C=O) groups excluding carboxylic acids is 1. The molecular formula is C28H33Cl2N3O3S2. The zero-order valence-electron chi connectivity index (χ0n) is 21.3. The van der Waals surface area contributed by atoms with Crippen LogP contribution in [0.15, 0.2) is 30.5 Å². The van der Waals surface area contributed by atoms with Gasteiger partial charge in [0, 0.05) is 17.2 Å². The number of amides is 1. The number of rotatable bonds is 6. The van der Waals surface area contributed by atoms with Gasteiger partial charge in [0.2, 0.25) is 10.0 Å². The van der Waals surface area contributed by atoms with E-state index in [4.69, 9.17) is 23.2 Å². The van der Waals surface area contributed by atoms with Gasteiger partial charge in [0.15, 0.2) is 0 Å². The van der Waals surface area contributed by atoms with Crippen molar-refractivity contribution in [3.05, 3.63) is 57.3 Å². The van der Waals surface area contributed by atoms with Gasteiger partial charge in [0.25, 0.3) is 5.91 Å². The van der Waals surface area contributed by atoms with Crippen molar-refractivity contribution in [3.63, 3.8) is 0 Å². The lowest BCUT2D eigenvalue weighted by Crippen LogP contribution is -2.52. The standard InChI is InChI=1S/C28H33Cl2N3O3S2/c29-20-15-23(30)24(31-16-20)17-32-27(34)19-8-9-25-22(14-19)28(10-12-37-13-11-28)26(18-6-7-18)33(25)38(35,36)21-4-2-1-3-5-21/h8-9,14-16,18,21,26H,1-7,10-13,17H2,(H,32,34). The number of thioether (sulfide) groups is 1. The van der Waals surface area contributed by atoms with Crippen LogP contribution in [0, 0.1) is 5.92 Å². The minimum Gasteiger partial charge on any atom is -0.346 e. The van der Waals surface area contributed by atoms with Crippen LogP contribution in [0.4, 0.5) is 5.69 Å². The van der Waals surface area contributed by atoms with E-state index in [0.29, 0.717) is 27.2 Å². The molecule has 1 saturated heterocycles. The van der Waals surface area contributed by atoms with Gasteiger partial charge >= 0.3 is 0 Å². The lowest BCUT2D eigenvalue weighted by atomic mass is 9.70. The molecule has 0 bridgehead atoms. The van der Waals surface area contributed by atoms with Gasteiger partial charge in [-0.3, -0.25) is 14.1 Å². The molecule has 1 atom stereocenters. The number of sulfonamides is 1. The number of benzene rings is 1. The highest BCUT2D eigenvalue weighted by atomic mass is 35.5. The Morgan fingerprint density at radius 1 is 1.08 bits per heavy atom. The van der Waals surface area contributed by atoms with Crippen LogP contribution in [0.25, 0.3) is 0 Å². The summed E-state index contributed by atoms with van der Waals surface area (Å²) in [5.74, 6) is 2.19. The Morgan fingerprint density at radius 2 is 1.82 bits per heavy atom. The zero-order chi connectivity index (χ0) is 26.5. The van der Waals surface area contributed by atoms with Crippen molar-refractivity contribution >= 4 is 56.6 Å².